The van der Waals surface area contributed by atoms with Gasteiger partial charge in [0.25, 0.3) is 0 Å². The SMILES string of the molecule is [CH2-]CCC.[Ta]. The Morgan fingerprint density at radius 3 is 1.80 bits per heavy atom. The second-order valence-electron chi connectivity index (χ2n) is 0.854. The molecule has 0 saturated heterocycles. The summed E-state index contributed by atoms with van der Waals surface area (Å²) in [6.45, 7) is 5.72. The van der Waals surface area contributed by atoms with Gasteiger partial charge in [0.2, 0.25) is 0 Å². The number of hydrogen-bond acceptors (Lipinski definition) is 0. The Hall–Kier alpha value is 0.740. The minimum absolute atomic E-state index is 0. The molecule has 31 valence electrons. The van der Waals surface area contributed by atoms with Crippen molar-refractivity contribution in [2.45, 2.75) is 19.8 Å². The molecule has 0 aromatic heterocycles. The molecule has 0 unspecified atom stereocenters. The second kappa shape index (κ2) is 8.83. The predicted octanol–water partition coefficient (Wildman–Crippen LogP) is 1.62. The van der Waals surface area contributed by atoms with Crippen molar-refractivity contribution in [3.63, 3.8) is 0 Å². The molecule has 0 N–H and O–H groups in total. The maximum atomic E-state index is 3.60. The maximum Gasteiger partial charge on any atom is 0 e. The number of unbranched alkanes of at least 4 members (excludes halogenated alkanes) is 1. The average Bonchev–Trinajstić information content (AvgIpc) is 1.37. The van der Waals surface area contributed by atoms with E-state index in [2.05, 4.69) is 13.8 Å². The number of hydrogen-bond donors (Lipinski definition) is 0. The van der Waals surface area contributed by atoms with Gasteiger partial charge in [-0.1, -0.05) is 13.3 Å². The van der Waals surface area contributed by atoms with Gasteiger partial charge in [0.05, 0.1) is 0 Å². The van der Waals surface area contributed by atoms with Gasteiger partial charge in [-0.3, -0.25) is 0 Å². The Morgan fingerprint density at radius 1 is 1.60 bits per heavy atom. The van der Waals surface area contributed by atoms with E-state index < -0.39 is 0 Å². The van der Waals surface area contributed by atoms with Gasteiger partial charge in [0, 0.05) is 22.4 Å². The smallest absolute Gasteiger partial charge is 0 e. The zero-order chi connectivity index (χ0) is 3.41. The van der Waals surface area contributed by atoms with Crippen molar-refractivity contribution in [1.29, 1.82) is 0 Å². The molecule has 0 aliphatic rings. The molecule has 0 rings (SSSR count). The minimum atomic E-state index is 0. The van der Waals surface area contributed by atoms with Crippen LogP contribution in [0.5, 0.6) is 0 Å². The van der Waals surface area contributed by atoms with Crippen molar-refractivity contribution >= 4 is 0 Å². The molecule has 0 amide bonds. The zero-order valence-electron chi connectivity index (χ0n) is 3.57. The molecule has 0 aliphatic heterocycles. The molecule has 0 bridgehead atoms. The van der Waals surface area contributed by atoms with Gasteiger partial charge in [-0.25, -0.2) is 0 Å². The van der Waals surface area contributed by atoms with E-state index in [0.29, 0.717) is 0 Å². The van der Waals surface area contributed by atoms with E-state index in [1.165, 1.54) is 6.42 Å². The van der Waals surface area contributed by atoms with Crippen molar-refractivity contribution in [1.82, 2.24) is 0 Å². The fourth-order valence-corrected chi connectivity index (χ4v) is 0. The molecule has 0 aliphatic carbocycles. The maximum absolute atomic E-state index is 3.60. The molecule has 1 heteroatoms. The molecule has 0 fully saturated rings. The summed E-state index contributed by atoms with van der Waals surface area (Å²) in [5.41, 5.74) is 0. The van der Waals surface area contributed by atoms with Crippen LogP contribution < -0.4 is 0 Å². The van der Waals surface area contributed by atoms with Crippen LogP contribution in [-0.2, 0) is 22.4 Å². The van der Waals surface area contributed by atoms with Gasteiger partial charge in [-0.2, -0.15) is 6.42 Å². The molecule has 0 atom stereocenters. The average molecular weight is 238 g/mol. The fraction of sp³-hybridized carbons (Fsp3) is 0.750. The third-order valence-electron chi connectivity index (χ3n) is 0.354. The first-order valence-electron chi connectivity index (χ1n) is 1.71. The third kappa shape index (κ3) is 11.8. The van der Waals surface area contributed by atoms with Gasteiger partial charge in [0.1, 0.15) is 0 Å². The molecule has 0 spiro atoms. The standard InChI is InChI=1S/C4H9.Ta/c1-3-4-2;/h1,3-4H2,2H3;/q-1;. The summed E-state index contributed by atoms with van der Waals surface area (Å²) in [6.07, 6.45) is 2.28. The first-order chi connectivity index (χ1) is 1.91. The third-order valence-corrected chi connectivity index (χ3v) is 0.354. The summed E-state index contributed by atoms with van der Waals surface area (Å²) >= 11 is 0. The molecular weight excluding hydrogens is 229 g/mol. The van der Waals surface area contributed by atoms with Crippen LogP contribution in [-0.4, -0.2) is 0 Å². The van der Waals surface area contributed by atoms with Crippen LogP contribution in [0.15, 0.2) is 0 Å². The van der Waals surface area contributed by atoms with E-state index >= 15 is 0 Å². The Balaban J connectivity index is 0. The Kier molecular flexibility index (Phi) is 16.3. The molecule has 0 nitrogen and oxygen atoms in total. The van der Waals surface area contributed by atoms with E-state index in [-0.39, 0.29) is 22.4 Å². The topological polar surface area (TPSA) is 0 Å². The van der Waals surface area contributed by atoms with E-state index in [0.717, 1.165) is 6.42 Å². The second-order valence-corrected chi connectivity index (χ2v) is 0.854. The fourth-order valence-electron chi connectivity index (χ4n) is 0. The van der Waals surface area contributed by atoms with Gasteiger partial charge in [-0.05, 0) is 0 Å². The number of rotatable bonds is 1. The summed E-state index contributed by atoms with van der Waals surface area (Å²) in [6, 6.07) is 0. The van der Waals surface area contributed by atoms with Gasteiger partial charge in [0.15, 0.2) is 0 Å². The zero-order valence-corrected chi connectivity index (χ0v) is 6.78. The van der Waals surface area contributed by atoms with E-state index in [9.17, 15) is 0 Å². The largest absolute Gasteiger partial charge is 0.343 e. The van der Waals surface area contributed by atoms with Gasteiger partial charge in [-0.15, -0.1) is 0 Å². The first kappa shape index (κ1) is 9.22. The minimum Gasteiger partial charge on any atom is -0.343 e. The van der Waals surface area contributed by atoms with Gasteiger partial charge < -0.3 is 6.92 Å². The predicted molar refractivity (Wildman–Crippen MR) is 20.3 cm³/mol. The molecule has 5 heavy (non-hydrogen) atoms. The quantitative estimate of drug-likeness (QED) is 0.609. The summed E-state index contributed by atoms with van der Waals surface area (Å²) < 4.78 is 0. The Bertz CT molecular complexity index is 5.61. The van der Waals surface area contributed by atoms with Crippen LogP contribution in [0.3, 0.4) is 0 Å². The van der Waals surface area contributed by atoms with Crippen LogP contribution in [0.25, 0.3) is 0 Å². The molecule has 0 aromatic carbocycles. The summed E-state index contributed by atoms with van der Waals surface area (Å²) in [5, 5.41) is 0. The van der Waals surface area contributed by atoms with Gasteiger partial charge >= 0.3 is 0 Å². The molecule has 0 heterocycles. The van der Waals surface area contributed by atoms with E-state index in [1.54, 1.807) is 0 Å². The van der Waals surface area contributed by atoms with Crippen molar-refractivity contribution in [3.05, 3.63) is 6.92 Å². The van der Waals surface area contributed by atoms with E-state index in [4.69, 9.17) is 0 Å². The Morgan fingerprint density at radius 2 is 1.80 bits per heavy atom. The normalized spacial score (nSPS) is 6.00. The molecular formula is C4H9Ta-. The monoisotopic (exact) mass is 238 g/mol. The summed E-state index contributed by atoms with van der Waals surface area (Å²) in [5.74, 6) is 0. The van der Waals surface area contributed by atoms with E-state index in [1.807, 2.05) is 0 Å². The van der Waals surface area contributed by atoms with Crippen LogP contribution in [0.4, 0.5) is 0 Å². The van der Waals surface area contributed by atoms with Crippen LogP contribution in [0, 0.1) is 6.92 Å². The van der Waals surface area contributed by atoms with Crippen LogP contribution >= 0.6 is 0 Å². The summed E-state index contributed by atoms with van der Waals surface area (Å²) in [4.78, 5) is 0. The molecule has 0 aromatic rings. The molecule has 0 saturated carbocycles. The van der Waals surface area contributed by atoms with Crippen LogP contribution in [0.1, 0.15) is 19.8 Å². The van der Waals surface area contributed by atoms with Crippen LogP contribution in [0.2, 0.25) is 0 Å². The van der Waals surface area contributed by atoms with Crippen molar-refractivity contribution in [2.24, 2.45) is 0 Å². The Labute approximate surface area is 49.5 Å². The first-order valence-corrected chi connectivity index (χ1v) is 1.71. The van der Waals surface area contributed by atoms with Crippen molar-refractivity contribution in [2.75, 3.05) is 0 Å². The van der Waals surface area contributed by atoms with Crippen molar-refractivity contribution in [3.8, 4) is 0 Å². The molecule has 1 radical (unpaired) electrons. The van der Waals surface area contributed by atoms with Crippen molar-refractivity contribution < 1.29 is 22.4 Å². The summed E-state index contributed by atoms with van der Waals surface area (Å²) in [7, 11) is 0.